The van der Waals surface area contributed by atoms with Crippen LogP contribution in [-0.4, -0.2) is 52.6 Å². The number of carbonyl (C=O) groups excluding carboxylic acids is 1. The third-order valence-electron chi connectivity index (χ3n) is 5.54. The molecule has 28 heavy (non-hydrogen) atoms. The molecule has 3 atom stereocenters. The Balaban J connectivity index is 1.80. The van der Waals surface area contributed by atoms with Gasteiger partial charge in [0.05, 0.1) is 12.9 Å². The fourth-order valence-electron chi connectivity index (χ4n) is 2.90. The Kier molecular flexibility index (Phi) is 5.95. The highest BCUT2D eigenvalue weighted by atomic mass is 79.9. The summed E-state index contributed by atoms with van der Waals surface area (Å²) in [6, 6.07) is 0. The van der Waals surface area contributed by atoms with Crippen LogP contribution in [0.2, 0.25) is 18.1 Å². The van der Waals surface area contributed by atoms with Crippen LogP contribution in [0, 0.1) is 0 Å². The number of hydrogen-bond acceptors (Lipinski definition) is 7. The summed E-state index contributed by atoms with van der Waals surface area (Å²) in [7, 11) is -1.95. The fraction of sp³-hybridized carbons (Fsp3) is 0.667. The molecule has 2 aromatic rings. The van der Waals surface area contributed by atoms with E-state index in [2.05, 4.69) is 64.7 Å². The zero-order valence-corrected chi connectivity index (χ0v) is 19.7. The van der Waals surface area contributed by atoms with E-state index in [0.717, 1.165) is 0 Å². The molecule has 2 aromatic heterocycles. The van der Waals surface area contributed by atoms with E-state index >= 15 is 0 Å². The monoisotopic (exact) mass is 470 g/mol. The molecule has 3 unspecified atom stereocenters. The lowest BCUT2D eigenvalue weighted by Gasteiger charge is -2.37. The number of aromatic nitrogens is 4. The summed E-state index contributed by atoms with van der Waals surface area (Å²) in [5.74, 6) is -0.327. The molecule has 1 saturated heterocycles. The van der Waals surface area contributed by atoms with Crippen molar-refractivity contribution in [2.75, 3.05) is 6.61 Å². The van der Waals surface area contributed by atoms with Gasteiger partial charge in [-0.1, -0.05) is 20.8 Å². The average Bonchev–Trinajstić information content (AvgIpc) is 3.16. The number of rotatable bonds is 5. The van der Waals surface area contributed by atoms with Crippen LogP contribution in [0.4, 0.5) is 0 Å². The SMILES string of the molecule is CC(=O)OC1CC(n2cnc3c(Br)ncnc32)OC1CO[Si](C)(C)C(C)(C)C. The van der Waals surface area contributed by atoms with Gasteiger partial charge in [-0.2, -0.15) is 0 Å². The van der Waals surface area contributed by atoms with E-state index in [4.69, 9.17) is 13.9 Å². The van der Waals surface area contributed by atoms with Crippen molar-refractivity contribution in [3.8, 4) is 0 Å². The molecule has 3 heterocycles. The van der Waals surface area contributed by atoms with Crippen LogP contribution in [0.1, 0.15) is 40.3 Å². The second-order valence-corrected chi connectivity index (χ2v) is 14.1. The number of hydrogen-bond donors (Lipinski definition) is 0. The van der Waals surface area contributed by atoms with Crippen molar-refractivity contribution >= 4 is 41.4 Å². The van der Waals surface area contributed by atoms with E-state index in [-0.39, 0.29) is 29.4 Å². The first-order valence-corrected chi connectivity index (χ1v) is 13.0. The molecular formula is C18H27BrN4O4Si. The van der Waals surface area contributed by atoms with E-state index < -0.39 is 8.32 Å². The number of halogens is 1. The van der Waals surface area contributed by atoms with Crippen LogP contribution >= 0.6 is 15.9 Å². The quantitative estimate of drug-likeness (QED) is 0.372. The lowest BCUT2D eigenvalue weighted by molar-refractivity contribution is -0.150. The first kappa shape index (κ1) is 21.3. The summed E-state index contributed by atoms with van der Waals surface area (Å²) in [6.07, 6.45) is 2.60. The smallest absolute Gasteiger partial charge is 0.302 e. The minimum Gasteiger partial charge on any atom is -0.460 e. The summed E-state index contributed by atoms with van der Waals surface area (Å²) in [6.45, 7) is 12.8. The Bertz CT molecular complexity index is 867. The van der Waals surface area contributed by atoms with E-state index in [1.807, 2.05) is 4.57 Å². The number of ether oxygens (including phenoxy) is 2. The van der Waals surface area contributed by atoms with Gasteiger partial charge in [0, 0.05) is 13.3 Å². The number of fused-ring (bicyclic) bond motifs is 1. The van der Waals surface area contributed by atoms with Gasteiger partial charge < -0.3 is 13.9 Å². The largest absolute Gasteiger partial charge is 0.460 e. The number of nitrogens with zero attached hydrogens (tertiary/aromatic N) is 4. The highest BCUT2D eigenvalue weighted by Gasteiger charge is 2.43. The van der Waals surface area contributed by atoms with Crippen molar-refractivity contribution in [2.45, 2.75) is 70.7 Å². The molecule has 0 radical (unpaired) electrons. The number of carbonyl (C=O) groups is 1. The Morgan fingerprint density at radius 1 is 1.36 bits per heavy atom. The van der Waals surface area contributed by atoms with Crippen molar-refractivity contribution < 1.29 is 18.7 Å². The zero-order chi connectivity index (χ0) is 20.7. The van der Waals surface area contributed by atoms with E-state index in [1.165, 1.54) is 13.3 Å². The van der Waals surface area contributed by atoms with Crippen molar-refractivity contribution in [3.05, 3.63) is 17.3 Å². The van der Waals surface area contributed by atoms with Gasteiger partial charge in [0.1, 0.15) is 34.9 Å². The molecule has 3 rings (SSSR count). The molecule has 1 fully saturated rings. The second-order valence-electron chi connectivity index (χ2n) is 8.57. The predicted molar refractivity (Wildman–Crippen MR) is 110 cm³/mol. The van der Waals surface area contributed by atoms with Crippen molar-refractivity contribution in [2.24, 2.45) is 0 Å². The molecule has 0 N–H and O–H groups in total. The molecule has 8 nitrogen and oxygen atoms in total. The van der Waals surface area contributed by atoms with Gasteiger partial charge in [-0.05, 0) is 34.1 Å². The molecule has 0 spiro atoms. The fourth-order valence-corrected chi connectivity index (χ4v) is 4.28. The van der Waals surface area contributed by atoms with Crippen LogP contribution in [0.15, 0.2) is 17.3 Å². The summed E-state index contributed by atoms with van der Waals surface area (Å²) >= 11 is 3.39. The molecule has 1 aliphatic heterocycles. The maximum absolute atomic E-state index is 11.6. The first-order chi connectivity index (χ1) is 13.0. The van der Waals surface area contributed by atoms with Crippen LogP contribution in [0.5, 0.6) is 0 Å². The van der Waals surface area contributed by atoms with Gasteiger partial charge >= 0.3 is 5.97 Å². The van der Waals surface area contributed by atoms with Gasteiger partial charge in [0.2, 0.25) is 0 Å². The topological polar surface area (TPSA) is 88.4 Å². The van der Waals surface area contributed by atoms with Crippen molar-refractivity contribution in [1.29, 1.82) is 0 Å². The van der Waals surface area contributed by atoms with Crippen molar-refractivity contribution in [3.63, 3.8) is 0 Å². The van der Waals surface area contributed by atoms with Gasteiger partial charge in [0.15, 0.2) is 14.0 Å². The van der Waals surface area contributed by atoms with Crippen LogP contribution in [-0.2, 0) is 18.7 Å². The second kappa shape index (κ2) is 7.81. The highest BCUT2D eigenvalue weighted by molar-refractivity contribution is 9.10. The Labute approximate surface area is 174 Å². The van der Waals surface area contributed by atoms with Gasteiger partial charge in [-0.15, -0.1) is 0 Å². The third kappa shape index (κ3) is 4.29. The summed E-state index contributed by atoms with van der Waals surface area (Å²) in [5.41, 5.74) is 1.33. The van der Waals surface area contributed by atoms with E-state index in [0.29, 0.717) is 28.8 Å². The molecule has 0 aliphatic carbocycles. The molecule has 154 valence electrons. The zero-order valence-electron chi connectivity index (χ0n) is 17.1. The summed E-state index contributed by atoms with van der Waals surface area (Å²) in [5, 5.41) is 0.0890. The lowest BCUT2D eigenvalue weighted by Crippen LogP contribution is -2.44. The van der Waals surface area contributed by atoms with Gasteiger partial charge in [0.25, 0.3) is 0 Å². The minimum atomic E-state index is -1.95. The molecule has 0 bridgehead atoms. The Hall–Kier alpha value is -1.36. The van der Waals surface area contributed by atoms with E-state index in [1.54, 1.807) is 6.33 Å². The predicted octanol–water partition coefficient (Wildman–Crippen LogP) is 3.83. The molecule has 0 amide bonds. The molecule has 0 aromatic carbocycles. The lowest BCUT2D eigenvalue weighted by atomic mass is 10.2. The van der Waals surface area contributed by atoms with Crippen LogP contribution < -0.4 is 0 Å². The van der Waals surface area contributed by atoms with Crippen LogP contribution in [0.25, 0.3) is 11.2 Å². The highest BCUT2D eigenvalue weighted by Crippen LogP contribution is 2.38. The molecule has 1 aliphatic rings. The average molecular weight is 471 g/mol. The Morgan fingerprint density at radius 3 is 2.71 bits per heavy atom. The maximum atomic E-state index is 11.6. The number of esters is 1. The molecule has 10 heteroatoms. The van der Waals surface area contributed by atoms with Gasteiger partial charge in [-0.25, -0.2) is 15.0 Å². The third-order valence-corrected chi connectivity index (χ3v) is 10.6. The summed E-state index contributed by atoms with van der Waals surface area (Å²) in [4.78, 5) is 24.4. The molecular weight excluding hydrogens is 444 g/mol. The number of imidazole rings is 1. The standard InChI is InChI=1S/C18H27BrN4O4Si/c1-11(24)26-12-7-14(23-10-22-15-16(19)20-9-21-17(15)23)27-13(12)8-25-28(5,6)18(2,3)4/h9-10,12-14H,7-8H2,1-6H3. The van der Waals surface area contributed by atoms with Gasteiger partial charge in [-0.3, -0.25) is 9.36 Å². The first-order valence-electron chi connectivity index (χ1n) is 9.29. The molecule has 0 saturated carbocycles. The Morgan fingerprint density at radius 2 is 2.07 bits per heavy atom. The normalized spacial score (nSPS) is 23.3. The van der Waals surface area contributed by atoms with Crippen LogP contribution in [0.3, 0.4) is 0 Å². The summed E-state index contributed by atoms with van der Waals surface area (Å²) < 4.78 is 20.6. The van der Waals surface area contributed by atoms with Crippen molar-refractivity contribution in [1.82, 2.24) is 19.5 Å². The minimum absolute atomic E-state index is 0.0890. The maximum Gasteiger partial charge on any atom is 0.302 e. The van der Waals surface area contributed by atoms with E-state index in [9.17, 15) is 4.79 Å².